The lowest BCUT2D eigenvalue weighted by Gasteiger charge is -2.08. The summed E-state index contributed by atoms with van der Waals surface area (Å²) in [6.07, 6.45) is 7.20. The van der Waals surface area contributed by atoms with Crippen LogP contribution in [0.25, 0.3) is 11.0 Å². The second-order valence-corrected chi connectivity index (χ2v) is 5.55. The molecule has 2 rings (SSSR count). The maximum atomic E-state index is 11.7. The summed E-state index contributed by atoms with van der Waals surface area (Å²) in [7, 11) is 1.32. The summed E-state index contributed by atoms with van der Waals surface area (Å²) < 4.78 is 15.7. The Kier molecular flexibility index (Phi) is 6.32. The zero-order valence-corrected chi connectivity index (χ0v) is 13.8. The minimum Gasteiger partial charge on any atom is -0.504 e. The van der Waals surface area contributed by atoms with Gasteiger partial charge < -0.3 is 19.0 Å². The maximum Gasteiger partial charge on any atom is 0.383 e. The van der Waals surface area contributed by atoms with Gasteiger partial charge in [-0.1, -0.05) is 39.0 Å². The fraction of sp³-hybridized carbons (Fsp3) is 0.500. The van der Waals surface area contributed by atoms with Crippen molar-refractivity contribution in [2.24, 2.45) is 0 Å². The van der Waals surface area contributed by atoms with Gasteiger partial charge in [-0.3, -0.25) is 0 Å². The van der Waals surface area contributed by atoms with Crippen LogP contribution in [0.4, 0.5) is 0 Å². The summed E-state index contributed by atoms with van der Waals surface area (Å²) in [5.41, 5.74) is -0.417. The van der Waals surface area contributed by atoms with E-state index in [1.807, 2.05) is 0 Å². The first-order chi connectivity index (χ1) is 11.2. The Morgan fingerprint density at radius 2 is 1.87 bits per heavy atom. The monoisotopic (exact) mass is 320 g/mol. The molecule has 5 heteroatoms. The van der Waals surface area contributed by atoms with E-state index in [0.717, 1.165) is 12.8 Å². The highest BCUT2D eigenvalue weighted by Gasteiger charge is 2.14. The van der Waals surface area contributed by atoms with Crippen LogP contribution in [0.2, 0.25) is 0 Å². The summed E-state index contributed by atoms with van der Waals surface area (Å²) in [5, 5.41) is 10.4. The lowest BCUT2D eigenvalue weighted by molar-refractivity contribution is 0.304. The Morgan fingerprint density at radius 3 is 2.61 bits per heavy atom. The SMILES string of the molecule is CCCCCCCCOc1ccc2c(O)c(OC)c(=O)oc2c1. The topological polar surface area (TPSA) is 68.9 Å². The third kappa shape index (κ3) is 4.41. The Morgan fingerprint density at radius 1 is 1.13 bits per heavy atom. The fourth-order valence-electron chi connectivity index (χ4n) is 2.49. The van der Waals surface area contributed by atoms with E-state index in [-0.39, 0.29) is 17.1 Å². The van der Waals surface area contributed by atoms with Crippen molar-refractivity contribution in [3.8, 4) is 17.2 Å². The summed E-state index contributed by atoms with van der Waals surface area (Å²) in [6.45, 7) is 2.83. The molecule has 23 heavy (non-hydrogen) atoms. The van der Waals surface area contributed by atoms with Gasteiger partial charge in [0, 0.05) is 6.07 Å². The number of benzene rings is 1. The standard InChI is InChI=1S/C18H24O5/c1-3-4-5-6-7-8-11-22-13-9-10-14-15(12-13)23-18(20)17(21-2)16(14)19/h9-10,12,19H,3-8,11H2,1-2H3. The molecule has 0 aliphatic carbocycles. The molecule has 1 N–H and O–H groups in total. The first-order valence-electron chi connectivity index (χ1n) is 8.14. The minimum atomic E-state index is -0.703. The molecule has 1 heterocycles. The highest BCUT2D eigenvalue weighted by molar-refractivity contribution is 5.86. The van der Waals surface area contributed by atoms with E-state index in [0.29, 0.717) is 17.7 Å². The van der Waals surface area contributed by atoms with Gasteiger partial charge >= 0.3 is 5.63 Å². The highest BCUT2D eigenvalue weighted by atomic mass is 16.5. The zero-order chi connectivity index (χ0) is 16.7. The molecule has 126 valence electrons. The molecule has 0 amide bonds. The lowest BCUT2D eigenvalue weighted by Crippen LogP contribution is -2.04. The summed E-state index contributed by atoms with van der Waals surface area (Å²) >= 11 is 0. The van der Waals surface area contributed by atoms with E-state index < -0.39 is 5.63 Å². The van der Waals surface area contributed by atoms with Crippen LogP contribution in [0.3, 0.4) is 0 Å². The average molecular weight is 320 g/mol. The molecule has 0 saturated carbocycles. The summed E-state index contributed by atoms with van der Waals surface area (Å²) in [4.78, 5) is 11.7. The van der Waals surface area contributed by atoms with Crippen LogP contribution in [0.5, 0.6) is 17.2 Å². The smallest absolute Gasteiger partial charge is 0.383 e. The molecule has 0 aliphatic rings. The normalized spacial score (nSPS) is 10.9. The van der Waals surface area contributed by atoms with Gasteiger partial charge in [-0.05, 0) is 18.6 Å². The van der Waals surface area contributed by atoms with Crippen molar-refractivity contribution < 1.29 is 19.0 Å². The van der Waals surface area contributed by atoms with Gasteiger partial charge in [-0.2, -0.15) is 0 Å². The first kappa shape index (κ1) is 17.2. The van der Waals surface area contributed by atoms with Crippen LogP contribution < -0.4 is 15.1 Å². The number of ether oxygens (including phenoxy) is 2. The van der Waals surface area contributed by atoms with E-state index in [9.17, 15) is 9.90 Å². The van der Waals surface area contributed by atoms with Crippen molar-refractivity contribution in [3.05, 3.63) is 28.6 Å². The predicted octanol–water partition coefficient (Wildman–Crippen LogP) is 4.25. The molecule has 2 aromatic rings. The first-order valence-corrected chi connectivity index (χ1v) is 8.14. The van der Waals surface area contributed by atoms with Gasteiger partial charge in [0.25, 0.3) is 0 Å². The van der Waals surface area contributed by atoms with Crippen molar-refractivity contribution in [2.75, 3.05) is 13.7 Å². The molecule has 1 aromatic carbocycles. The maximum absolute atomic E-state index is 11.7. The third-order valence-corrected chi connectivity index (χ3v) is 3.78. The van der Waals surface area contributed by atoms with Gasteiger partial charge in [0.15, 0.2) is 5.75 Å². The largest absolute Gasteiger partial charge is 0.504 e. The Bertz CT molecular complexity index is 690. The van der Waals surface area contributed by atoms with Crippen molar-refractivity contribution in [2.45, 2.75) is 45.4 Å². The fourth-order valence-corrected chi connectivity index (χ4v) is 2.49. The Labute approximate surface area is 135 Å². The minimum absolute atomic E-state index is 0.182. The summed E-state index contributed by atoms with van der Waals surface area (Å²) in [6, 6.07) is 5.03. The van der Waals surface area contributed by atoms with Crippen molar-refractivity contribution in [1.29, 1.82) is 0 Å². The van der Waals surface area contributed by atoms with E-state index in [1.165, 1.54) is 32.8 Å². The quantitative estimate of drug-likeness (QED) is 0.552. The number of fused-ring (bicyclic) bond motifs is 1. The van der Waals surface area contributed by atoms with E-state index >= 15 is 0 Å². The number of hydrogen-bond donors (Lipinski definition) is 1. The number of rotatable bonds is 9. The molecular formula is C18H24O5. The van der Waals surface area contributed by atoms with Gasteiger partial charge in [-0.15, -0.1) is 0 Å². The molecular weight excluding hydrogens is 296 g/mol. The summed E-state index contributed by atoms with van der Waals surface area (Å²) in [5.74, 6) is 0.234. The number of hydrogen-bond acceptors (Lipinski definition) is 5. The molecule has 0 fully saturated rings. The number of aromatic hydroxyl groups is 1. The molecule has 0 saturated heterocycles. The van der Waals surface area contributed by atoms with E-state index in [4.69, 9.17) is 13.9 Å². The van der Waals surface area contributed by atoms with Crippen LogP contribution in [0.15, 0.2) is 27.4 Å². The van der Waals surface area contributed by atoms with Crippen molar-refractivity contribution in [1.82, 2.24) is 0 Å². The molecule has 5 nitrogen and oxygen atoms in total. The van der Waals surface area contributed by atoms with Crippen LogP contribution in [0, 0.1) is 0 Å². The molecule has 0 spiro atoms. The van der Waals surface area contributed by atoms with Gasteiger partial charge in [0.05, 0.1) is 19.1 Å². The number of methoxy groups -OCH3 is 1. The van der Waals surface area contributed by atoms with Gasteiger partial charge in [0.1, 0.15) is 11.3 Å². The average Bonchev–Trinajstić information content (AvgIpc) is 2.54. The molecule has 0 atom stereocenters. The second kappa shape index (κ2) is 8.46. The zero-order valence-electron chi connectivity index (χ0n) is 13.8. The molecule has 1 aromatic heterocycles. The Hall–Kier alpha value is -2.17. The lowest BCUT2D eigenvalue weighted by atomic mass is 10.1. The molecule has 0 aliphatic heterocycles. The van der Waals surface area contributed by atoms with E-state index in [2.05, 4.69) is 6.92 Å². The molecule has 0 bridgehead atoms. The number of unbranched alkanes of at least 4 members (excludes halogenated alkanes) is 5. The van der Waals surface area contributed by atoms with Crippen LogP contribution in [-0.4, -0.2) is 18.8 Å². The highest BCUT2D eigenvalue weighted by Crippen LogP contribution is 2.32. The molecule has 0 unspecified atom stereocenters. The molecule has 0 radical (unpaired) electrons. The van der Waals surface area contributed by atoms with Crippen LogP contribution in [0.1, 0.15) is 45.4 Å². The third-order valence-electron chi connectivity index (χ3n) is 3.78. The predicted molar refractivity (Wildman–Crippen MR) is 89.6 cm³/mol. The second-order valence-electron chi connectivity index (χ2n) is 5.55. The van der Waals surface area contributed by atoms with Crippen LogP contribution >= 0.6 is 0 Å². The van der Waals surface area contributed by atoms with E-state index in [1.54, 1.807) is 18.2 Å². The Balaban J connectivity index is 1.97. The van der Waals surface area contributed by atoms with Crippen molar-refractivity contribution in [3.63, 3.8) is 0 Å². The van der Waals surface area contributed by atoms with Crippen molar-refractivity contribution >= 4 is 11.0 Å². The van der Waals surface area contributed by atoms with Gasteiger partial charge in [0.2, 0.25) is 5.75 Å². The van der Waals surface area contributed by atoms with Crippen LogP contribution in [-0.2, 0) is 0 Å². The van der Waals surface area contributed by atoms with Gasteiger partial charge in [-0.25, -0.2) is 4.79 Å².